The summed E-state index contributed by atoms with van der Waals surface area (Å²) in [6.45, 7) is 1.69. The average molecular weight is 449 g/mol. The maximum atomic E-state index is 12.1. The highest BCUT2D eigenvalue weighted by molar-refractivity contribution is 9.10. The molecule has 0 spiro atoms. The minimum absolute atomic E-state index is 0.0220. The van der Waals surface area contributed by atoms with Crippen LogP contribution in [-0.4, -0.2) is 26.8 Å². The van der Waals surface area contributed by atoms with Crippen molar-refractivity contribution >= 4 is 45.0 Å². The molecule has 138 valence electrons. The lowest BCUT2D eigenvalue weighted by atomic mass is 10.2. The molecule has 0 atom stereocenters. The summed E-state index contributed by atoms with van der Waals surface area (Å²) < 4.78 is 6.49. The van der Waals surface area contributed by atoms with Gasteiger partial charge >= 0.3 is 0 Å². The first kappa shape index (κ1) is 19.1. The second kappa shape index (κ2) is 8.31. The van der Waals surface area contributed by atoms with Gasteiger partial charge < -0.3 is 9.73 Å². The van der Waals surface area contributed by atoms with Gasteiger partial charge in [-0.2, -0.15) is 0 Å². The lowest BCUT2D eigenvalue weighted by molar-refractivity contribution is -0.384. The van der Waals surface area contributed by atoms with E-state index in [1.807, 2.05) is 24.3 Å². The monoisotopic (exact) mass is 448 g/mol. The Labute approximate surface area is 166 Å². The Morgan fingerprint density at radius 3 is 2.67 bits per heavy atom. The summed E-state index contributed by atoms with van der Waals surface area (Å²) in [5.74, 6) is 0.162. The molecule has 3 rings (SSSR count). The summed E-state index contributed by atoms with van der Waals surface area (Å²) in [5, 5.41) is 21.6. The normalized spacial score (nSPS) is 10.6. The second-order valence-corrected chi connectivity index (χ2v) is 7.32. The number of halogens is 1. The first-order chi connectivity index (χ1) is 12.9. The maximum absolute atomic E-state index is 12.1. The fourth-order valence-corrected chi connectivity index (χ4v) is 3.02. The van der Waals surface area contributed by atoms with E-state index in [1.165, 1.54) is 18.2 Å². The third kappa shape index (κ3) is 4.92. The number of thioether (sulfide) groups is 1. The molecular formula is C17H13BrN4O4S. The van der Waals surface area contributed by atoms with Crippen LogP contribution >= 0.6 is 27.7 Å². The molecule has 0 saturated carbocycles. The molecule has 8 nitrogen and oxygen atoms in total. The molecule has 0 aliphatic rings. The lowest BCUT2D eigenvalue weighted by Crippen LogP contribution is -2.14. The lowest BCUT2D eigenvalue weighted by Gasteiger charge is -2.07. The quantitative estimate of drug-likeness (QED) is 0.336. The number of rotatable bonds is 6. The average Bonchev–Trinajstić information content (AvgIpc) is 3.11. The highest BCUT2D eigenvalue weighted by Crippen LogP contribution is 2.25. The predicted molar refractivity (Wildman–Crippen MR) is 105 cm³/mol. The van der Waals surface area contributed by atoms with Crippen LogP contribution < -0.4 is 5.32 Å². The van der Waals surface area contributed by atoms with E-state index in [0.29, 0.717) is 17.1 Å². The Bertz CT molecular complexity index is 991. The van der Waals surface area contributed by atoms with E-state index in [-0.39, 0.29) is 22.6 Å². The van der Waals surface area contributed by atoms with Crippen molar-refractivity contribution in [3.05, 3.63) is 62.6 Å². The second-order valence-electron chi connectivity index (χ2n) is 5.47. The zero-order valence-electron chi connectivity index (χ0n) is 14.0. The summed E-state index contributed by atoms with van der Waals surface area (Å²) in [5.41, 5.74) is 1.89. The number of aryl methyl sites for hydroxylation is 1. The van der Waals surface area contributed by atoms with Gasteiger partial charge in [0.2, 0.25) is 11.8 Å². The Hall–Kier alpha value is -2.72. The van der Waals surface area contributed by atoms with Crippen LogP contribution in [0.5, 0.6) is 0 Å². The van der Waals surface area contributed by atoms with E-state index in [2.05, 4.69) is 31.4 Å². The van der Waals surface area contributed by atoms with Gasteiger partial charge in [0.1, 0.15) is 0 Å². The predicted octanol–water partition coefficient (Wildman–Crippen LogP) is 4.45. The summed E-state index contributed by atoms with van der Waals surface area (Å²) in [6.07, 6.45) is 0. The maximum Gasteiger partial charge on any atom is 0.277 e. The van der Waals surface area contributed by atoms with Crippen LogP contribution in [0.3, 0.4) is 0 Å². The number of benzene rings is 2. The van der Waals surface area contributed by atoms with Crippen LogP contribution in [0.1, 0.15) is 5.56 Å². The van der Waals surface area contributed by atoms with Gasteiger partial charge in [0, 0.05) is 27.9 Å². The van der Waals surface area contributed by atoms with Crippen LogP contribution in [0, 0.1) is 17.0 Å². The van der Waals surface area contributed by atoms with Gasteiger partial charge in [0.25, 0.3) is 10.9 Å². The van der Waals surface area contributed by atoms with Crippen LogP contribution in [0.2, 0.25) is 0 Å². The molecule has 27 heavy (non-hydrogen) atoms. The smallest absolute Gasteiger partial charge is 0.277 e. The zero-order chi connectivity index (χ0) is 19.4. The Morgan fingerprint density at radius 2 is 2.00 bits per heavy atom. The molecular weight excluding hydrogens is 436 g/mol. The van der Waals surface area contributed by atoms with Gasteiger partial charge in [0.15, 0.2) is 0 Å². The minimum atomic E-state index is -0.479. The molecule has 0 aliphatic heterocycles. The number of nitrogens with one attached hydrogen (secondary N) is 1. The van der Waals surface area contributed by atoms with Crippen LogP contribution in [-0.2, 0) is 4.79 Å². The Balaban J connectivity index is 1.58. The van der Waals surface area contributed by atoms with E-state index in [0.717, 1.165) is 21.8 Å². The number of carbonyl (C=O) groups excluding carboxylic acids is 1. The number of non-ortho nitro benzene ring substituents is 1. The molecule has 0 fully saturated rings. The van der Waals surface area contributed by atoms with E-state index in [9.17, 15) is 14.9 Å². The number of amides is 1. The SMILES string of the molecule is Cc1cc([N+](=O)[O-])ccc1NC(=O)CSc1nnc(-c2ccc(Br)cc2)o1. The Kier molecular flexibility index (Phi) is 5.87. The van der Waals surface area contributed by atoms with Gasteiger partial charge in [-0.1, -0.05) is 27.7 Å². The standard InChI is InChI=1S/C17H13BrN4O4S/c1-10-8-13(22(24)25)6-7-14(10)19-15(23)9-27-17-21-20-16(26-17)11-2-4-12(18)5-3-11/h2-8H,9H2,1H3,(H,19,23). The molecule has 0 aliphatic carbocycles. The largest absolute Gasteiger partial charge is 0.411 e. The van der Waals surface area contributed by atoms with Crippen molar-refractivity contribution in [2.24, 2.45) is 0 Å². The van der Waals surface area contributed by atoms with Crippen molar-refractivity contribution < 1.29 is 14.1 Å². The van der Waals surface area contributed by atoms with Crippen molar-refractivity contribution in [2.45, 2.75) is 12.1 Å². The van der Waals surface area contributed by atoms with Crippen molar-refractivity contribution in [1.82, 2.24) is 10.2 Å². The van der Waals surface area contributed by atoms with Crippen molar-refractivity contribution in [3.8, 4) is 11.5 Å². The van der Waals surface area contributed by atoms with Gasteiger partial charge in [-0.25, -0.2) is 0 Å². The highest BCUT2D eigenvalue weighted by atomic mass is 79.9. The Morgan fingerprint density at radius 1 is 1.26 bits per heavy atom. The molecule has 0 saturated heterocycles. The topological polar surface area (TPSA) is 111 Å². The van der Waals surface area contributed by atoms with Crippen LogP contribution in [0.4, 0.5) is 11.4 Å². The molecule has 10 heteroatoms. The van der Waals surface area contributed by atoms with E-state index in [4.69, 9.17) is 4.42 Å². The molecule has 1 amide bonds. The number of aromatic nitrogens is 2. The molecule has 2 aromatic carbocycles. The molecule has 0 radical (unpaired) electrons. The fraction of sp³-hybridized carbons (Fsp3) is 0.118. The first-order valence-electron chi connectivity index (χ1n) is 7.69. The summed E-state index contributed by atoms with van der Waals surface area (Å²) in [7, 11) is 0. The molecule has 3 aromatic rings. The van der Waals surface area contributed by atoms with Crippen molar-refractivity contribution in [3.63, 3.8) is 0 Å². The molecule has 0 bridgehead atoms. The van der Waals surface area contributed by atoms with Crippen molar-refractivity contribution in [2.75, 3.05) is 11.1 Å². The third-order valence-electron chi connectivity index (χ3n) is 3.52. The number of nitrogens with zero attached hydrogens (tertiary/aromatic N) is 3. The summed E-state index contributed by atoms with van der Waals surface area (Å²) in [6, 6.07) is 11.7. The summed E-state index contributed by atoms with van der Waals surface area (Å²) in [4.78, 5) is 22.4. The number of hydrogen-bond donors (Lipinski definition) is 1. The van der Waals surface area contributed by atoms with Gasteiger partial charge in [-0.05, 0) is 42.8 Å². The van der Waals surface area contributed by atoms with E-state index >= 15 is 0 Å². The van der Waals surface area contributed by atoms with Gasteiger partial charge in [-0.3, -0.25) is 14.9 Å². The van der Waals surface area contributed by atoms with E-state index < -0.39 is 4.92 Å². The molecule has 1 heterocycles. The van der Waals surface area contributed by atoms with Crippen LogP contribution in [0.25, 0.3) is 11.5 Å². The van der Waals surface area contributed by atoms with Gasteiger partial charge in [-0.15, -0.1) is 10.2 Å². The molecule has 0 unspecified atom stereocenters. The number of hydrogen-bond acceptors (Lipinski definition) is 7. The summed E-state index contributed by atoms with van der Waals surface area (Å²) >= 11 is 4.47. The van der Waals surface area contributed by atoms with E-state index in [1.54, 1.807) is 6.92 Å². The van der Waals surface area contributed by atoms with Crippen LogP contribution in [0.15, 0.2) is 56.6 Å². The molecule has 1 aromatic heterocycles. The number of anilines is 1. The highest BCUT2D eigenvalue weighted by Gasteiger charge is 2.13. The molecule has 1 N–H and O–H groups in total. The number of nitro groups is 1. The number of carbonyl (C=O) groups is 1. The minimum Gasteiger partial charge on any atom is -0.411 e. The third-order valence-corrected chi connectivity index (χ3v) is 4.87. The fourth-order valence-electron chi connectivity index (χ4n) is 2.19. The first-order valence-corrected chi connectivity index (χ1v) is 9.47. The van der Waals surface area contributed by atoms with Gasteiger partial charge in [0.05, 0.1) is 10.7 Å². The number of nitro benzene ring substituents is 1. The zero-order valence-corrected chi connectivity index (χ0v) is 16.4. The van der Waals surface area contributed by atoms with Crippen molar-refractivity contribution in [1.29, 1.82) is 0 Å².